The van der Waals surface area contributed by atoms with E-state index in [0.29, 0.717) is 40.9 Å². The van der Waals surface area contributed by atoms with E-state index in [0.717, 1.165) is 11.3 Å². The van der Waals surface area contributed by atoms with Crippen molar-refractivity contribution < 1.29 is 18.5 Å². The number of hydrogen-bond donors (Lipinski definition) is 1. The first-order valence-corrected chi connectivity index (χ1v) is 10.3. The average molecular weight is 437 g/mol. The van der Waals surface area contributed by atoms with Gasteiger partial charge in [0, 0.05) is 11.3 Å². The zero-order chi connectivity index (χ0) is 22.5. The Hall–Kier alpha value is -4.65. The number of anilines is 1. The highest BCUT2D eigenvalue weighted by Crippen LogP contribution is 2.24. The maximum atomic E-state index is 12.8. The van der Waals surface area contributed by atoms with Gasteiger partial charge in [-0.2, -0.15) is 4.98 Å². The lowest BCUT2D eigenvalue weighted by atomic mass is 10.1. The average Bonchev–Trinajstić information content (AvgIpc) is 3.54. The van der Waals surface area contributed by atoms with Gasteiger partial charge in [-0.15, -0.1) is 0 Å². The Morgan fingerprint density at radius 1 is 0.848 bits per heavy atom. The third kappa shape index (κ3) is 4.83. The first-order valence-electron chi connectivity index (χ1n) is 10.3. The maximum absolute atomic E-state index is 12.8. The van der Waals surface area contributed by atoms with Gasteiger partial charge in [-0.25, -0.2) is 0 Å². The number of para-hydroxylation sites is 2. The molecule has 3 aromatic carbocycles. The summed E-state index contributed by atoms with van der Waals surface area (Å²) in [5, 5.41) is 6.91. The van der Waals surface area contributed by atoms with Crippen LogP contribution in [0.5, 0.6) is 11.5 Å². The number of carbonyl (C=O) groups excluding carboxylic acids is 1. The Morgan fingerprint density at radius 3 is 2.39 bits per heavy atom. The number of nitrogens with one attached hydrogen (secondary N) is 1. The summed E-state index contributed by atoms with van der Waals surface area (Å²) in [7, 11) is 0. The number of nitrogens with zero attached hydrogens (tertiary/aromatic N) is 2. The lowest BCUT2D eigenvalue weighted by Crippen LogP contribution is -2.13. The summed E-state index contributed by atoms with van der Waals surface area (Å²) in [4.78, 5) is 17.2. The molecule has 0 atom stereocenters. The monoisotopic (exact) mass is 437 g/mol. The van der Waals surface area contributed by atoms with Crippen molar-refractivity contribution in [1.29, 1.82) is 0 Å². The molecule has 0 unspecified atom stereocenters. The summed E-state index contributed by atoms with van der Waals surface area (Å²) < 4.78 is 16.4. The van der Waals surface area contributed by atoms with Crippen LogP contribution in [0.3, 0.4) is 0 Å². The van der Waals surface area contributed by atoms with E-state index in [1.807, 2.05) is 54.6 Å². The van der Waals surface area contributed by atoms with Crippen LogP contribution in [0.1, 0.15) is 21.8 Å². The van der Waals surface area contributed by atoms with Gasteiger partial charge in [0.1, 0.15) is 11.5 Å². The van der Waals surface area contributed by atoms with Gasteiger partial charge in [-0.05, 0) is 60.2 Å². The Balaban J connectivity index is 1.27. The molecule has 0 radical (unpaired) electrons. The smallest absolute Gasteiger partial charge is 0.255 e. The molecule has 0 saturated carbocycles. The lowest BCUT2D eigenvalue weighted by molar-refractivity contribution is 0.102. The molecule has 2 heterocycles. The molecule has 0 fully saturated rings. The molecule has 7 heteroatoms. The Kier molecular flexibility index (Phi) is 5.67. The lowest BCUT2D eigenvalue weighted by Gasteiger charge is -2.10. The summed E-state index contributed by atoms with van der Waals surface area (Å²) in [5.74, 6) is 2.50. The van der Waals surface area contributed by atoms with Crippen molar-refractivity contribution in [3.63, 3.8) is 0 Å². The number of rotatable bonds is 7. The molecule has 0 saturated heterocycles. The molecular formula is C26H19N3O4. The molecule has 0 aliphatic carbocycles. The predicted octanol–water partition coefficient (Wildman–Crippen LogP) is 5.97. The largest absolute Gasteiger partial charge is 0.461 e. The SMILES string of the molecule is O=C(Nc1ccccc1Cc1nc(-c2ccco2)no1)c1ccc(Oc2ccccc2)cc1. The van der Waals surface area contributed by atoms with Gasteiger partial charge in [-0.3, -0.25) is 4.79 Å². The first kappa shape index (κ1) is 20.3. The van der Waals surface area contributed by atoms with Crippen molar-refractivity contribution >= 4 is 11.6 Å². The third-order valence-corrected chi connectivity index (χ3v) is 4.91. The van der Waals surface area contributed by atoms with Crippen molar-refractivity contribution in [3.8, 4) is 23.1 Å². The molecule has 7 nitrogen and oxygen atoms in total. The Labute approximate surface area is 189 Å². The highest BCUT2D eigenvalue weighted by molar-refractivity contribution is 6.04. The maximum Gasteiger partial charge on any atom is 0.255 e. The van der Waals surface area contributed by atoms with Crippen LogP contribution in [0.4, 0.5) is 5.69 Å². The van der Waals surface area contributed by atoms with Crippen molar-refractivity contribution in [3.05, 3.63) is 114 Å². The third-order valence-electron chi connectivity index (χ3n) is 4.91. The van der Waals surface area contributed by atoms with Crippen LogP contribution in [0.2, 0.25) is 0 Å². The van der Waals surface area contributed by atoms with Crippen LogP contribution in [0.15, 0.2) is 106 Å². The number of amides is 1. The quantitative estimate of drug-likeness (QED) is 0.338. The molecule has 5 aromatic rings. The highest BCUT2D eigenvalue weighted by atomic mass is 16.5. The zero-order valence-electron chi connectivity index (χ0n) is 17.5. The van der Waals surface area contributed by atoms with Crippen LogP contribution in [0, 0.1) is 0 Å². The van der Waals surface area contributed by atoms with E-state index in [4.69, 9.17) is 13.7 Å². The molecule has 0 aliphatic heterocycles. The predicted molar refractivity (Wildman–Crippen MR) is 122 cm³/mol. The summed E-state index contributed by atoms with van der Waals surface area (Å²) in [6, 6.07) is 27.5. The summed E-state index contributed by atoms with van der Waals surface area (Å²) in [6.45, 7) is 0. The molecule has 1 N–H and O–H groups in total. The molecule has 5 rings (SSSR count). The Bertz CT molecular complexity index is 1340. The van der Waals surface area contributed by atoms with E-state index in [-0.39, 0.29) is 5.91 Å². The molecule has 0 spiro atoms. The molecule has 2 aromatic heterocycles. The number of hydrogen-bond acceptors (Lipinski definition) is 6. The fourth-order valence-electron chi connectivity index (χ4n) is 3.29. The van der Waals surface area contributed by atoms with Gasteiger partial charge in [0.15, 0.2) is 5.76 Å². The molecule has 0 aliphatic rings. The van der Waals surface area contributed by atoms with E-state index in [2.05, 4.69) is 15.5 Å². The second kappa shape index (κ2) is 9.23. The fourth-order valence-corrected chi connectivity index (χ4v) is 3.29. The van der Waals surface area contributed by atoms with Crippen LogP contribution in [-0.2, 0) is 6.42 Å². The molecular weight excluding hydrogens is 418 g/mol. The first-order chi connectivity index (χ1) is 16.2. The summed E-state index contributed by atoms with van der Waals surface area (Å²) >= 11 is 0. The van der Waals surface area contributed by atoms with Gasteiger partial charge >= 0.3 is 0 Å². The van der Waals surface area contributed by atoms with Crippen LogP contribution in [0.25, 0.3) is 11.6 Å². The van der Waals surface area contributed by atoms with E-state index in [1.165, 1.54) is 0 Å². The highest BCUT2D eigenvalue weighted by Gasteiger charge is 2.14. The normalized spacial score (nSPS) is 10.7. The minimum absolute atomic E-state index is 0.226. The van der Waals surface area contributed by atoms with Gasteiger partial charge in [-0.1, -0.05) is 41.6 Å². The van der Waals surface area contributed by atoms with Gasteiger partial charge in [0.05, 0.1) is 12.7 Å². The van der Waals surface area contributed by atoms with E-state index >= 15 is 0 Å². The van der Waals surface area contributed by atoms with E-state index < -0.39 is 0 Å². The standard InChI is InChI=1S/C26H19N3O4/c30-26(18-12-14-21(15-13-18)32-20-8-2-1-3-9-20)27-22-10-5-4-7-19(22)17-24-28-25(29-33-24)23-11-6-16-31-23/h1-16H,17H2,(H,27,30). The molecule has 1 amide bonds. The number of carbonyl (C=O) groups is 1. The van der Waals surface area contributed by atoms with Crippen molar-refractivity contribution in [2.24, 2.45) is 0 Å². The van der Waals surface area contributed by atoms with Crippen LogP contribution < -0.4 is 10.1 Å². The number of ether oxygens (including phenoxy) is 1. The van der Waals surface area contributed by atoms with Gasteiger partial charge in [0.25, 0.3) is 5.91 Å². The van der Waals surface area contributed by atoms with Crippen LogP contribution in [-0.4, -0.2) is 16.0 Å². The zero-order valence-corrected chi connectivity index (χ0v) is 17.5. The number of aromatic nitrogens is 2. The minimum Gasteiger partial charge on any atom is -0.461 e. The van der Waals surface area contributed by atoms with Crippen molar-refractivity contribution in [2.45, 2.75) is 6.42 Å². The minimum atomic E-state index is -0.226. The van der Waals surface area contributed by atoms with Gasteiger partial charge in [0.2, 0.25) is 11.7 Å². The number of furan rings is 1. The Morgan fingerprint density at radius 2 is 1.61 bits per heavy atom. The second-order valence-corrected chi connectivity index (χ2v) is 7.22. The summed E-state index contributed by atoms with van der Waals surface area (Å²) in [6.07, 6.45) is 1.92. The van der Waals surface area contributed by atoms with Gasteiger partial charge < -0.3 is 19.0 Å². The number of benzene rings is 3. The molecule has 0 bridgehead atoms. The molecule has 33 heavy (non-hydrogen) atoms. The van der Waals surface area contributed by atoms with E-state index in [1.54, 1.807) is 42.7 Å². The second-order valence-electron chi connectivity index (χ2n) is 7.22. The summed E-state index contributed by atoms with van der Waals surface area (Å²) in [5.41, 5.74) is 2.04. The fraction of sp³-hybridized carbons (Fsp3) is 0.0385. The topological polar surface area (TPSA) is 90.4 Å². The van der Waals surface area contributed by atoms with E-state index in [9.17, 15) is 4.79 Å². The molecule has 162 valence electrons. The van der Waals surface area contributed by atoms with Crippen molar-refractivity contribution in [1.82, 2.24) is 10.1 Å². The van der Waals surface area contributed by atoms with Crippen LogP contribution >= 0.6 is 0 Å². The van der Waals surface area contributed by atoms with Crippen molar-refractivity contribution in [2.75, 3.05) is 5.32 Å².